The van der Waals surface area contributed by atoms with E-state index in [1.54, 1.807) is 0 Å². The maximum absolute atomic E-state index is 10.6. The summed E-state index contributed by atoms with van der Waals surface area (Å²) in [5, 5.41) is 23.8. The van der Waals surface area contributed by atoms with E-state index in [2.05, 4.69) is 39.5 Å². The van der Waals surface area contributed by atoms with Crippen LogP contribution in [-0.4, -0.2) is 41.4 Å². The van der Waals surface area contributed by atoms with E-state index >= 15 is 0 Å². The standard InChI is InChI=1S/C10H14N6O3S/c1-6(2)3-7-11-8(19-13-7)5-20-10-12-14-15-16(10)4-9(17)18/h6H,3-5H2,1-2H3,(H,17,18). The van der Waals surface area contributed by atoms with Gasteiger partial charge in [0.05, 0.1) is 5.75 Å². The van der Waals surface area contributed by atoms with Crippen molar-refractivity contribution < 1.29 is 14.4 Å². The third-order valence-corrected chi connectivity index (χ3v) is 3.15. The highest BCUT2D eigenvalue weighted by molar-refractivity contribution is 7.98. The quantitative estimate of drug-likeness (QED) is 0.733. The van der Waals surface area contributed by atoms with E-state index in [4.69, 9.17) is 9.63 Å². The van der Waals surface area contributed by atoms with Gasteiger partial charge < -0.3 is 9.63 Å². The summed E-state index contributed by atoms with van der Waals surface area (Å²) in [5.74, 6) is 0.980. The van der Waals surface area contributed by atoms with Crippen LogP contribution in [0.15, 0.2) is 9.68 Å². The molecule has 9 nitrogen and oxygen atoms in total. The number of carboxylic acid groups (broad SMARTS) is 1. The molecule has 20 heavy (non-hydrogen) atoms. The molecule has 0 aliphatic heterocycles. The molecule has 0 saturated carbocycles. The zero-order chi connectivity index (χ0) is 14.5. The second-order valence-electron chi connectivity index (χ2n) is 4.50. The molecule has 0 aromatic carbocycles. The second kappa shape index (κ2) is 6.46. The molecule has 0 unspecified atom stereocenters. The van der Waals surface area contributed by atoms with Crippen molar-refractivity contribution in [1.82, 2.24) is 30.3 Å². The third-order valence-electron chi connectivity index (χ3n) is 2.21. The van der Waals surface area contributed by atoms with Gasteiger partial charge in [0.2, 0.25) is 11.0 Å². The Morgan fingerprint density at radius 3 is 3.00 bits per heavy atom. The zero-order valence-electron chi connectivity index (χ0n) is 11.1. The number of tetrazole rings is 1. The largest absolute Gasteiger partial charge is 0.480 e. The van der Waals surface area contributed by atoms with Crippen molar-refractivity contribution in [3.8, 4) is 0 Å². The third kappa shape index (κ3) is 4.02. The average molecular weight is 298 g/mol. The van der Waals surface area contributed by atoms with Crippen LogP contribution in [0.5, 0.6) is 0 Å². The lowest BCUT2D eigenvalue weighted by Gasteiger charge is -1.98. The Hall–Kier alpha value is -1.97. The number of carbonyl (C=O) groups is 1. The van der Waals surface area contributed by atoms with Crippen LogP contribution >= 0.6 is 11.8 Å². The molecule has 1 N–H and O–H groups in total. The molecule has 0 aliphatic rings. The predicted molar refractivity (Wildman–Crippen MR) is 67.9 cm³/mol. The Morgan fingerprint density at radius 2 is 2.30 bits per heavy atom. The number of nitrogens with zero attached hydrogens (tertiary/aromatic N) is 6. The summed E-state index contributed by atoms with van der Waals surface area (Å²) in [5.41, 5.74) is 0. The minimum atomic E-state index is -1.00. The smallest absolute Gasteiger partial charge is 0.325 e. The molecule has 2 rings (SSSR count). The summed E-state index contributed by atoms with van der Waals surface area (Å²) in [6.07, 6.45) is 0.755. The zero-order valence-corrected chi connectivity index (χ0v) is 11.9. The number of hydrogen-bond acceptors (Lipinski definition) is 8. The Kier molecular flexibility index (Phi) is 4.66. The Labute approximate surface area is 118 Å². The highest BCUT2D eigenvalue weighted by Crippen LogP contribution is 2.19. The van der Waals surface area contributed by atoms with E-state index in [0.717, 1.165) is 6.42 Å². The molecule has 2 aromatic rings. The van der Waals surface area contributed by atoms with Crippen LogP contribution in [0.25, 0.3) is 0 Å². The van der Waals surface area contributed by atoms with Gasteiger partial charge in [0.15, 0.2) is 5.82 Å². The molecule has 0 saturated heterocycles. The van der Waals surface area contributed by atoms with E-state index < -0.39 is 5.97 Å². The minimum Gasteiger partial charge on any atom is -0.480 e. The fraction of sp³-hybridized carbons (Fsp3) is 0.600. The van der Waals surface area contributed by atoms with Crippen LogP contribution < -0.4 is 0 Å². The van der Waals surface area contributed by atoms with E-state index in [0.29, 0.717) is 28.5 Å². The Bertz CT molecular complexity index is 581. The number of aromatic nitrogens is 6. The molecule has 0 aliphatic carbocycles. The van der Waals surface area contributed by atoms with E-state index in [1.165, 1.54) is 16.4 Å². The first-order chi connectivity index (χ1) is 9.54. The molecule has 0 radical (unpaired) electrons. The highest BCUT2D eigenvalue weighted by Gasteiger charge is 2.13. The highest BCUT2D eigenvalue weighted by atomic mass is 32.2. The molecule has 0 amide bonds. The lowest BCUT2D eigenvalue weighted by molar-refractivity contribution is -0.138. The Morgan fingerprint density at radius 1 is 1.50 bits per heavy atom. The molecule has 0 atom stereocenters. The number of carboxylic acids is 1. The molecule has 0 spiro atoms. The van der Waals surface area contributed by atoms with Crippen molar-refractivity contribution in [1.29, 1.82) is 0 Å². The van der Waals surface area contributed by atoms with Crippen molar-refractivity contribution in [2.75, 3.05) is 0 Å². The average Bonchev–Trinajstić information content (AvgIpc) is 2.95. The summed E-state index contributed by atoms with van der Waals surface area (Å²) >= 11 is 1.25. The van der Waals surface area contributed by atoms with E-state index in [-0.39, 0.29) is 6.54 Å². The summed E-state index contributed by atoms with van der Waals surface area (Å²) in [6, 6.07) is 0. The van der Waals surface area contributed by atoms with Crippen molar-refractivity contribution in [3.63, 3.8) is 0 Å². The first kappa shape index (κ1) is 14.4. The SMILES string of the molecule is CC(C)Cc1noc(CSc2nnnn2CC(=O)O)n1. The molecule has 0 bridgehead atoms. The lowest BCUT2D eigenvalue weighted by Crippen LogP contribution is -2.11. The van der Waals surface area contributed by atoms with Crippen molar-refractivity contribution in [3.05, 3.63) is 11.7 Å². The number of thioether (sulfide) groups is 1. The maximum Gasteiger partial charge on any atom is 0.325 e. The molecule has 0 fully saturated rings. The van der Waals surface area contributed by atoms with Gasteiger partial charge in [0.25, 0.3) is 0 Å². The van der Waals surface area contributed by atoms with Crippen molar-refractivity contribution in [2.45, 2.75) is 37.7 Å². The van der Waals surface area contributed by atoms with Crippen LogP contribution in [0, 0.1) is 5.92 Å². The number of rotatable bonds is 7. The maximum atomic E-state index is 10.6. The van der Waals surface area contributed by atoms with Gasteiger partial charge in [0.1, 0.15) is 6.54 Å². The fourth-order valence-electron chi connectivity index (χ4n) is 1.45. The van der Waals surface area contributed by atoms with Gasteiger partial charge in [-0.15, -0.1) is 5.10 Å². The van der Waals surface area contributed by atoms with Crippen molar-refractivity contribution in [2.24, 2.45) is 5.92 Å². The van der Waals surface area contributed by atoms with E-state index in [1.807, 2.05) is 0 Å². The van der Waals surface area contributed by atoms with Gasteiger partial charge in [-0.25, -0.2) is 4.68 Å². The van der Waals surface area contributed by atoms with Crippen molar-refractivity contribution >= 4 is 17.7 Å². The summed E-state index contributed by atoms with van der Waals surface area (Å²) < 4.78 is 6.32. The summed E-state index contributed by atoms with van der Waals surface area (Å²) in [7, 11) is 0. The topological polar surface area (TPSA) is 120 Å². The molecular weight excluding hydrogens is 284 g/mol. The minimum absolute atomic E-state index is 0.280. The van der Waals surface area contributed by atoms with Gasteiger partial charge in [-0.3, -0.25) is 4.79 Å². The van der Waals surface area contributed by atoms with Gasteiger partial charge in [0, 0.05) is 6.42 Å². The lowest BCUT2D eigenvalue weighted by atomic mass is 10.1. The molecule has 10 heteroatoms. The van der Waals surface area contributed by atoms with Crippen LogP contribution in [0.1, 0.15) is 25.6 Å². The molecule has 2 heterocycles. The van der Waals surface area contributed by atoms with Crippen LogP contribution in [0.2, 0.25) is 0 Å². The summed E-state index contributed by atoms with van der Waals surface area (Å²) in [4.78, 5) is 14.9. The fourth-order valence-corrected chi connectivity index (χ4v) is 2.16. The van der Waals surface area contributed by atoms with Gasteiger partial charge in [-0.2, -0.15) is 4.98 Å². The second-order valence-corrected chi connectivity index (χ2v) is 5.45. The van der Waals surface area contributed by atoms with Crippen LogP contribution in [-0.2, 0) is 23.5 Å². The number of aliphatic carboxylic acids is 1. The van der Waals surface area contributed by atoms with Gasteiger partial charge >= 0.3 is 5.97 Å². The molecule has 108 valence electrons. The van der Waals surface area contributed by atoms with Gasteiger partial charge in [-0.05, 0) is 16.3 Å². The van der Waals surface area contributed by atoms with Crippen LogP contribution in [0.4, 0.5) is 0 Å². The normalized spacial score (nSPS) is 11.2. The molecule has 2 aromatic heterocycles. The monoisotopic (exact) mass is 298 g/mol. The summed E-state index contributed by atoms with van der Waals surface area (Å²) in [6.45, 7) is 3.87. The number of hydrogen-bond donors (Lipinski definition) is 1. The van der Waals surface area contributed by atoms with Crippen LogP contribution in [0.3, 0.4) is 0 Å². The van der Waals surface area contributed by atoms with E-state index in [9.17, 15) is 4.79 Å². The van der Waals surface area contributed by atoms with Gasteiger partial charge in [-0.1, -0.05) is 30.8 Å². The molecular formula is C10H14N6O3S. The first-order valence-electron chi connectivity index (χ1n) is 5.97. The first-order valence-corrected chi connectivity index (χ1v) is 6.95. The predicted octanol–water partition coefficient (Wildman–Crippen LogP) is 0.631. The Balaban J connectivity index is 1.93.